The zero-order valence-electron chi connectivity index (χ0n) is 13.2. The van der Waals surface area contributed by atoms with Crippen molar-refractivity contribution < 1.29 is 8.42 Å². The molecule has 0 bridgehead atoms. The van der Waals surface area contributed by atoms with Gasteiger partial charge in [-0.25, -0.2) is 12.7 Å². The summed E-state index contributed by atoms with van der Waals surface area (Å²) < 4.78 is 27.3. The first-order valence-corrected chi connectivity index (χ1v) is 9.21. The Labute approximate surface area is 128 Å². The molecule has 1 aliphatic carbocycles. The Morgan fingerprint density at radius 3 is 2.38 bits per heavy atom. The standard InChI is InChI=1S/C16H26N2O2S/c1-4-12-9-15(17)14(5-2)16(10-12)21(19,20)18(3)11-13-7-6-8-13/h9-10,13H,4-8,11,17H2,1-3H3. The lowest BCUT2D eigenvalue weighted by atomic mass is 9.86. The van der Waals surface area contributed by atoms with Gasteiger partial charge in [0, 0.05) is 19.3 Å². The van der Waals surface area contributed by atoms with Crippen molar-refractivity contribution in [3.05, 3.63) is 23.3 Å². The van der Waals surface area contributed by atoms with Gasteiger partial charge in [0.25, 0.3) is 0 Å². The number of hydrogen-bond donors (Lipinski definition) is 1. The summed E-state index contributed by atoms with van der Waals surface area (Å²) in [7, 11) is -1.77. The summed E-state index contributed by atoms with van der Waals surface area (Å²) in [6, 6.07) is 3.69. The second-order valence-corrected chi connectivity index (χ2v) is 7.96. The highest BCUT2D eigenvalue weighted by atomic mass is 32.2. The van der Waals surface area contributed by atoms with Crippen LogP contribution in [0.4, 0.5) is 5.69 Å². The molecular formula is C16H26N2O2S. The van der Waals surface area contributed by atoms with Gasteiger partial charge < -0.3 is 5.73 Å². The molecule has 4 nitrogen and oxygen atoms in total. The molecule has 0 amide bonds. The van der Waals surface area contributed by atoms with Crippen LogP contribution in [0.5, 0.6) is 0 Å². The van der Waals surface area contributed by atoms with Crippen LogP contribution in [-0.2, 0) is 22.9 Å². The number of nitrogen functional groups attached to an aromatic ring is 1. The number of benzene rings is 1. The fraction of sp³-hybridized carbons (Fsp3) is 0.625. The lowest BCUT2D eigenvalue weighted by Gasteiger charge is -2.30. The van der Waals surface area contributed by atoms with Gasteiger partial charge in [-0.3, -0.25) is 0 Å². The van der Waals surface area contributed by atoms with E-state index in [1.807, 2.05) is 19.9 Å². The first-order chi connectivity index (χ1) is 9.90. The van der Waals surface area contributed by atoms with Crippen LogP contribution in [-0.4, -0.2) is 26.3 Å². The minimum Gasteiger partial charge on any atom is -0.398 e. The number of aryl methyl sites for hydroxylation is 1. The second-order valence-electron chi connectivity index (χ2n) is 5.95. The fourth-order valence-corrected chi connectivity index (χ4v) is 4.46. The van der Waals surface area contributed by atoms with Crippen LogP contribution in [0.3, 0.4) is 0 Å². The topological polar surface area (TPSA) is 63.4 Å². The maximum Gasteiger partial charge on any atom is 0.243 e. The molecule has 0 spiro atoms. The van der Waals surface area contributed by atoms with Crippen molar-refractivity contribution in [2.75, 3.05) is 19.3 Å². The van der Waals surface area contributed by atoms with Gasteiger partial charge in [-0.15, -0.1) is 0 Å². The molecule has 2 N–H and O–H groups in total. The molecule has 2 rings (SSSR count). The van der Waals surface area contributed by atoms with Gasteiger partial charge in [0.05, 0.1) is 4.90 Å². The highest BCUT2D eigenvalue weighted by Gasteiger charge is 2.29. The molecular weight excluding hydrogens is 284 g/mol. The van der Waals surface area contributed by atoms with Crippen molar-refractivity contribution >= 4 is 15.7 Å². The van der Waals surface area contributed by atoms with Crippen LogP contribution in [0.2, 0.25) is 0 Å². The Balaban J connectivity index is 2.39. The average molecular weight is 310 g/mol. The minimum atomic E-state index is -3.45. The minimum absolute atomic E-state index is 0.392. The molecule has 1 aromatic rings. The molecule has 0 atom stereocenters. The molecule has 0 aliphatic heterocycles. The van der Waals surface area contributed by atoms with Gasteiger partial charge in [0.2, 0.25) is 10.0 Å². The van der Waals surface area contributed by atoms with Crippen molar-refractivity contribution in [2.45, 2.75) is 50.8 Å². The summed E-state index contributed by atoms with van der Waals surface area (Å²) in [4.78, 5) is 0.392. The lowest BCUT2D eigenvalue weighted by molar-refractivity contribution is 0.263. The third-order valence-electron chi connectivity index (χ3n) is 4.49. The van der Waals surface area contributed by atoms with E-state index >= 15 is 0 Å². The number of anilines is 1. The quantitative estimate of drug-likeness (QED) is 0.822. The SMILES string of the molecule is CCc1cc(N)c(CC)c(S(=O)(=O)N(C)CC2CCC2)c1. The van der Waals surface area contributed by atoms with Crippen molar-refractivity contribution in [1.82, 2.24) is 4.31 Å². The molecule has 21 heavy (non-hydrogen) atoms. The van der Waals surface area contributed by atoms with E-state index in [0.717, 1.165) is 30.4 Å². The Morgan fingerprint density at radius 2 is 1.90 bits per heavy atom. The van der Waals surface area contributed by atoms with Crippen LogP contribution in [0.25, 0.3) is 0 Å². The van der Waals surface area contributed by atoms with Crippen LogP contribution < -0.4 is 5.73 Å². The monoisotopic (exact) mass is 310 g/mol. The van der Waals surface area contributed by atoms with E-state index in [9.17, 15) is 8.42 Å². The van der Waals surface area contributed by atoms with E-state index in [0.29, 0.717) is 29.5 Å². The smallest absolute Gasteiger partial charge is 0.243 e. The predicted octanol–water partition coefficient (Wildman–Crippen LogP) is 2.81. The highest BCUT2D eigenvalue weighted by Crippen LogP contribution is 2.31. The first-order valence-electron chi connectivity index (χ1n) is 7.77. The van der Waals surface area contributed by atoms with Crippen molar-refractivity contribution in [3.8, 4) is 0 Å². The molecule has 0 saturated heterocycles. The number of hydrogen-bond acceptors (Lipinski definition) is 3. The zero-order valence-corrected chi connectivity index (χ0v) is 14.0. The van der Waals surface area contributed by atoms with Gasteiger partial charge in [-0.1, -0.05) is 20.3 Å². The molecule has 0 aromatic heterocycles. The van der Waals surface area contributed by atoms with E-state index in [2.05, 4.69) is 0 Å². The van der Waals surface area contributed by atoms with Crippen molar-refractivity contribution in [3.63, 3.8) is 0 Å². The van der Waals surface area contributed by atoms with Crippen LogP contribution in [0.1, 0.15) is 44.2 Å². The molecule has 1 aromatic carbocycles. The predicted molar refractivity (Wildman–Crippen MR) is 86.8 cm³/mol. The van der Waals surface area contributed by atoms with E-state index in [1.165, 1.54) is 10.7 Å². The number of sulfonamides is 1. The van der Waals surface area contributed by atoms with Gasteiger partial charge in [0.15, 0.2) is 0 Å². The third-order valence-corrected chi connectivity index (χ3v) is 6.38. The molecule has 1 saturated carbocycles. The van der Waals surface area contributed by atoms with E-state index in [4.69, 9.17) is 5.73 Å². The number of nitrogens with zero attached hydrogens (tertiary/aromatic N) is 1. The van der Waals surface area contributed by atoms with Gasteiger partial charge in [-0.2, -0.15) is 0 Å². The Hall–Kier alpha value is -1.07. The summed E-state index contributed by atoms with van der Waals surface area (Å²) >= 11 is 0. The molecule has 0 unspecified atom stereocenters. The van der Waals surface area contributed by atoms with Gasteiger partial charge in [0.1, 0.15) is 0 Å². The Morgan fingerprint density at radius 1 is 1.24 bits per heavy atom. The summed E-state index contributed by atoms with van der Waals surface area (Å²) in [6.45, 7) is 4.57. The van der Waals surface area contributed by atoms with Crippen molar-refractivity contribution in [1.29, 1.82) is 0 Å². The van der Waals surface area contributed by atoms with E-state index < -0.39 is 10.0 Å². The summed E-state index contributed by atoms with van der Waals surface area (Å²) in [5, 5.41) is 0. The van der Waals surface area contributed by atoms with E-state index in [1.54, 1.807) is 13.1 Å². The van der Waals surface area contributed by atoms with Crippen LogP contribution >= 0.6 is 0 Å². The normalized spacial score (nSPS) is 16.2. The first kappa shape index (κ1) is 16.3. The Kier molecular flexibility index (Phi) is 4.94. The Bertz CT molecular complexity index is 607. The third kappa shape index (κ3) is 3.24. The highest BCUT2D eigenvalue weighted by molar-refractivity contribution is 7.89. The zero-order chi connectivity index (χ0) is 15.6. The second kappa shape index (κ2) is 6.36. The maximum absolute atomic E-state index is 12.9. The summed E-state index contributed by atoms with van der Waals surface area (Å²) in [5.74, 6) is 0.515. The van der Waals surface area contributed by atoms with Gasteiger partial charge in [-0.05, 0) is 54.9 Å². The molecule has 118 valence electrons. The van der Waals surface area contributed by atoms with Crippen molar-refractivity contribution in [2.24, 2.45) is 5.92 Å². The molecule has 5 heteroatoms. The molecule has 1 fully saturated rings. The largest absolute Gasteiger partial charge is 0.398 e. The van der Waals surface area contributed by atoms with Crippen LogP contribution in [0.15, 0.2) is 17.0 Å². The lowest BCUT2D eigenvalue weighted by Crippen LogP contribution is -2.34. The summed E-state index contributed by atoms with van der Waals surface area (Å²) in [6.07, 6.45) is 4.90. The molecule has 0 radical (unpaired) electrons. The van der Waals surface area contributed by atoms with Gasteiger partial charge >= 0.3 is 0 Å². The van der Waals surface area contributed by atoms with E-state index in [-0.39, 0.29) is 0 Å². The fourth-order valence-electron chi connectivity index (χ4n) is 2.84. The number of nitrogens with two attached hydrogens (primary N) is 1. The molecule has 0 heterocycles. The number of rotatable bonds is 6. The average Bonchev–Trinajstić information content (AvgIpc) is 2.41. The van der Waals surface area contributed by atoms with Crippen LogP contribution in [0, 0.1) is 5.92 Å². The summed E-state index contributed by atoms with van der Waals surface area (Å²) in [5.41, 5.74) is 8.37. The molecule has 1 aliphatic rings. The maximum atomic E-state index is 12.9.